The molecule has 5 nitrogen and oxygen atoms in total. The molecule has 1 aromatic rings. The van der Waals surface area contributed by atoms with Crippen molar-refractivity contribution in [3.05, 3.63) is 23.8 Å². The van der Waals surface area contributed by atoms with Crippen LogP contribution in [0.15, 0.2) is 23.1 Å². The summed E-state index contributed by atoms with van der Waals surface area (Å²) >= 11 is 0. The lowest BCUT2D eigenvalue weighted by Gasteiger charge is -2.02. The van der Waals surface area contributed by atoms with E-state index in [9.17, 15) is 13.2 Å². The third-order valence-electron chi connectivity index (χ3n) is 1.51. The molecule has 0 atom stereocenters. The van der Waals surface area contributed by atoms with Gasteiger partial charge >= 0.3 is 0 Å². The molecule has 1 rings (SSSR count). The summed E-state index contributed by atoms with van der Waals surface area (Å²) < 4.78 is 34.7. The average molecular weight is 216 g/mol. The minimum Gasteiger partial charge on any atom is -0.429 e. The quantitative estimate of drug-likeness (QED) is 0.596. The number of rotatable bonds is 3. The number of hydrogen-bond acceptors (Lipinski definition) is 4. The highest BCUT2D eigenvalue weighted by Gasteiger charge is 2.11. The van der Waals surface area contributed by atoms with Crippen LogP contribution in [-0.2, 0) is 14.9 Å². The Morgan fingerprint density at radius 2 is 2.00 bits per heavy atom. The van der Waals surface area contributed by atoms with Crippen molar-refractivity contribution in [2.24, 2.45) is 0 Å². The third-order valence-corrected chi connectivity index (χ3v) is 2.34. The van der Waals surface area contributed by atoms with Gasteiger partial charge in [0, 0.05) is 6.07 Å². The molecule has 1 N–H and O–H groups in total. The molecule has 6 heteroatoms. The molecule has 0 aliphatic heterocycles. The van der Waals surface area contributed by atoms with Gasteiger partial charge in [0.2, 0.25) is 0 Å². The maximum atomic E-state index is 10.8. The first-order valence-corrected chi connectivity index (χ1v) is 5.07. The Morgan fingerprint density at radius 3 is 2.50 bits per heavy atom. The monoisotopic (exact) mass is 216 g/mol. The Kier molecular flexibility index (Phi) is 2.87. The van der Waals surface area contributed by atoms with E-state index in [1.165, 1.54) is 12.1 Å². The van der Waals surface area contributed by atoms with Crippen LogP contribution in [0.2, 0.25) is 0 Å². The van der Waals surface area contributed by atoms with E-state index in [0.29, 0.717) is 5.56 Å². The van der Waals surface area contributed by atoms with Crippen LogP contribution in [0.5, 0.6) is 5.75 Å². The molecule has 0 bridgehead atoms. The predicted molar refractivity (Wildman–Crippen MR) is 47.7 cm³/mol. The molecule has 0 aromatic heterocycles. The molecule has 0 unspecified atom stereocenters. The summed E-state index contributed by atoms with van der Waals surface area (Å²) in [5.74, 6) is 0.0765. The summed E-state index contributed by atoms with van der Waals surface area (Å²) in [6, 6.07) is 3.81. The first kappa shape index (κ1) is 10.7. The summed E-state index contributed by atoms with van der Waals surface area (Å²) in [6.07, 6.45) is 0. The van der Waals surface area contributed by atoms with Crippen LogP contribution in [0.1, 0.15) is 5.56 Å². The molecule has 0 heterocycles. The Balaban J connectivity index is 3.27. The fourth-order valence-electron chi connectivity index (χ4n) is 0.987. The van der Waals surface area contributed by atoms with E-state index in [4.69, 9.17) is 4.55 Å². The van der Waals surface area contributed by atoms with E-state index in [0.717, 1.165) is 6.07 Å². The largest absolute Gasteiger partial charge is 0.429 e. The van der Waals surface area contributed by atoms with Crippen molar-refractivity contribution in [3.8, 4) is 5.75 Å². The minimum absolute atomic E-state index is 0.0765. The van der Waals surface area contributed by atoms with Gasteiger partial charge in [0.05, 0.1) is 4.90 Å². The van der Waals surface area contributed by atoms with Crippen LogP contribution in [0.3, 0.4) is 0 Å². The number of aryl methyl sites for hydroxylation is 1. The van der Waals surface area contributed by atoms with Gasteiger partial charge in [-0.15, -0.1) is 0 Å². The van der Waals surface area contributed by atoms with E-state index in [1.54, 1.807) is 6.92 Å². The second-order valence-electron chi connectivity index (χ2n) is 2.67. The van der Waals surface area contributed by atoms with Crippen LogP contribution in [0.4, 0.5) is 0 Å². The summed E-state index contributed by atoms with van der Waals surface area (Å²) in [5.41, 5.74) is 0.567. The molecule has 0 fully saturated rings. The second-order valence-corrected chi connectivity index (χ2v) is 4.09. The second kappa shape index (κ2) is 3.77. The van der Waals surface area contributed by atoms with Crippen molar-refractivity contribution in [2.75, 3.05) is 0 Å². The predicted octanol–water partition coefficient (Wildman–Crippen LogP) is 0.777. The van der Waals surface area contributed by atoms with Crippen LogP contribution in [0, 0.1) is 6.92 Å². The van der Waals surface area contributed by atoms with Gasteiger partial charge in [0.15, 0.2) is 0 Å². The Hall–Kier alpha value is -1.40. The van der Waals surface area contributed by atoms with E-state index in [2.05, 4.69) is 4.74 Å². The zero-order valence-electron chi connectivity index (χ0n) is 7.30. The summed E-state index contributed by atoms with van der Waals surface area (Å²) in [4.78, 5) is 9.72. The van der Waals surface area contributed by atoms with E-state index in [1.807, 2.05) is 0 Å². The molecule has 0 saturated heterocycles. The zero-order valence-corrected chi connectivity index (χ0v) is 8.11. The molecule has 0 aliphatic carbocycles. The summed E-state index contributed by atoms with van der Waals surface area (Å²) in [5, 5.41) is 0. The average Bonchev–Trinajstić information content (AvgIpc) is 2.02. The van der Waals surface area contributed by atoms with Crippen LogP contribution in [-0.4, -0.2) is 19.4 Å². The van der Waals surface area contributed by atoms with Crippen LogP contribution >= 0.6 is 0 Å². The summed E-state index contributed by atoms with van der Waals surface area (Å²) in [6.45, 7) is 1.80. The van der Waals surface area contributed by atoms with Crippen molar-refractivity contribution < 1.29 is 22.5 Å². The molecule has 0 saturated carbocycles. The van der Waals surface area contributed by atoms with Gasteiger partial charge in [-0.1, -0.05) is 0 Å². The highest BCUT2D eigenvalue weighted by molar-refractivity contribution is 7.85. The summed E-state index contributed by atoms with van der Waals surface area (Å²) in [7, 11) is -4.26. The van der Waals surface area contributed by atoms with E-state index in [-0.39, 0.29) is 17.1 Å². The van der Waals surface area contributed by atoms with Gasteiger partial charge in [0.25, 0.3) is 16.6 Å². The fraction of sp³-hybridized carbons (Fsp3) is 0.125. The number of carbonyl (C=O) groups is 1. The van der Waals surface area contributed by atoms with Gasteiger partial charge < -0.3 is 4.74 Å². The van der Waals surface area contributed by atoms with Gasteiger partial charge in [-0.2, -0.15) is 8.42 Å². The number of hydrogen-bond donors (Lipinski definition) is 1. The number of carbonyl (C=O) groups excluding carboxylic acids is 1. The molecule has 14 heavy (non-hydrogen) atoms. The molecule has 0 spiro atoms. The molecule has 0 aliphatic rings. The molecular weight excluding hydrogens is 208 g/mol. The van der Waals surface area contributed by atoms with Crippen molar-refractivity contribution in [3.63, 3.8) is 0 Å². The maximum Gasteiger partial charge on any atom is 0.298 e. The van der Waals surface area contributed by atoms with Gasteiger partial charge in [-0.3, -0.25) is 9.35 Å². The highest BCUT2D eigenvalue weighted by Crippen LogP contribution is 2.19. The minimum atomic E-state index is -4.26. The van der Waals surface area contributed by atoms with Gasteiger partial charge in [-0.05, 0) is 24.6 Å². The van der Waals surface area contributed by atoms with Gasteiger partial charge in [0.1, 0.15) is 5.75 Å². The van der Waals surface area contributed by atoms with Crippen molar-refractivity contribution in [1.82, 2.24) is 0 Å². The molecule has 0 amide bonds. The maximum absolute atomic E-state index is 10.8. The van der Waals surface area contributed by atoms with Crippen molar-refractivity contribution >= 4 is 16.6 Å². The third kappa shape index (κ3) is 2.54. The first-order valence-electron chi connectivity index (χ1n) is 3.63. The Labute approximate surface area is 81.1 Å². The molecule has 0 radical (unpaired) electrons. The lowest BCUT2D eigenvalue weighted by atomic mass is 10.2. The number of benzene rings is 1. The van der Waals surface area contributed by atoms with E-state index < -0.39 is 10.1 Å². The molecular formula is C8H8O5S. The molecule has 76 valence electrons. The Morgan fingerprint density at radius 1 is 1.36 bits per heavy atom. The lowest BCUT2D eigenvalue weighted by Crippen LogP contribution is -1.99. The van der Waals surface area contributed by atoms with Crippen LogP contribution in [0.25, 0.3) is 0 Å². The van der Waals surface area contributed by atoms with E-state index >= 15 is 0 Å². The lowest BCUT2D eigenvalue weighted by molar-refractivity contribution is -0.120. The SMILES string of the molecule is Cc1cc(OC=O)cc(S(=O)(=O)O)c1. The normalized spacial score (nSPS) is 11.0. The van der Waals surface area contributed by atoms with Crippen LogP contribution < -0.4 is 4.74 Å². The standard InChI is InChI=1S/C8H8O5S/c1-6-2-7(13-5-9)4-8(3-6)14(10,11)12/h2-5H,1H3,(H,10,11,12). The van der Waals surface area contributed by atoms with Crippen molar-refractivity contribution in [1.29, 1.82) is 0 Å². The smallest absolute Gasteiger partial charge is 0.298 e. The molecule has 1 aromatic carbocycles. The Bertz CT molecular complexity index is 449. The number of ether oxygens (including phenoxy) is 1. The zero-order chi connectivity index (χ0) is 10.8. The first-order chi connectivity index (χ1) is 6.43. The van der Waals surface area contributed by atoms with Gasteiger partial charge in [-0.25, -0.2) is 0 Å². The fourth-order valence-corrected chi connectivity index (χ4v) is 1.59. The van der Waals surface area contributed by atoms with Crippen molar-refractivity contribution in [2.45, 2.75) is 11.8 Å². The highest BCUT2D eigenvalue weighted by atomic mass is 32.2. The topological polar surface area (TPSA) is 80.7 Å².